The number of carbonyl (C=O) groups is 1. The Morgan fingerprint density at radius 2 is 2.10 bits per heavy atom. The van der Waals surface area contributed by atoms with E-state index in [1.54, 1.807) is 0 Å². The van der Waals surface area contributed by atoms with Gasteiger partial charge in [0.2, 0.25) is 0 Å². The standard InChI is InChI=1S/C11H11F3N2O4/c1-6-2-3-7(16(19)20)4-8(6)10(18)15-5-9(17)11(12,13)14/h2-4,9,17H,5H2,1H3,(H,15,18). The van der Waals surface area contributed by atoms with Gasteiger partial charge in [-0.15, -0.1) is 0 Å². The van der Waals surface area contributed by atoms with Crippen LogP contribution in [0.25, 0.3) is 0 Å². The molecule has 9 heteroatoms. The number of amides is 1. The molecule has 0 fully saturated rings. The Hall–Kier alpha value is -2.16. The maximum Gasteiger partial charge on any atom is 0.416 e. The summed E-state index contributed by atoms with van der Waals surface area (Å²) in [5.74, 6) is -0.922. The highest BCUT2D eigenvalue weighted by molar-refractivity contribution is 5.96. The molecule has 110 valence electrons. The molecule has 6 nitrogen and oxygen atoms in total. The molecule has 2 N–H and O–H groups in total. The molecular formula is C11H11F3N2O4. The first-order valence-corrected chi connectivity index (χ1v) is 5.41. The van der Waals surface area contributed by atoms with Gasteiger partial charge < -0.3 is 10.4 Å². The molecule has 0 aliphatic rings. The molecule has 1 amide bonds. The minimum absolute atomic E-state index is 0.117. The maximum absolute atomic E-state index is 12.1. The maximum atomic E-state index is 12.1. The van der Waals surface area contributed by atoms with Crippen molar-refractivity contribution in [3.8, 4) is 0 Å². The van der Waals surface area contributed by atoms with Crippen molar-refractivity contribution in [3.05, 3.63) is 39.4 Å². The number of benzene rings is 1. The average molecular weight is 292 g/mol. The number of aryl methyl sites for hydroxylation is 1. The van der Waals surface area contributed by atoms with Crippen LogP contribution < -0.4 is 5.32 Å². The SMILES string of the molecule is Cc1ccc([N+](=O)[O-])cc1C(=O)NCC(O)C(F)(F)F. The van der Waals surface area contributed by atoms with E-state index in [1.165, 1.54) is 19.1 Å². The Bertz CT molecular complexity index is 531. The molecule has 1 rings (SSSR count). The van der Waals surface area contributed by atoms with E-state index in [0.29, 0.717) is 5.56 Å². The van der Waals surface area contributed by atoms with Crippen molar-refractivity contribution < 1.29 is 28.0 Å². The van der Waals surface area contributed by atoms with Crippen molar-refractivity contribution in [3.63, 3.8) is 0 Å². The van der Waals surface area contributed by atoms with E-state index in [2.05, 4.69) is 0 Å². The molecule has 0 heterocycles. The second-order valence-electron chi connectivity index (χ2n) is 4.02. The van der Waals surface area contributed by atoms with Gasteiger partial charge in [-0.05, 0) is 12.5 Å². The van der Waals surface area contributed by atoms with E-state index in [-0.39, 0.29) is 11.3 Å². The normalized spacial score (nSPS) is 12.8. The number of alkyl halides is 3. The first-order chi connectivity index (χ1) is 9.12. The van der Waals surface area contributed by atoms with Crippen molar-refractivity contribution in [2.45, 2.75) is 19.2 Å². The average Bonchev–Trinajstić information content (AvgIpc) is 2.34. The van der Waals surface area contributed by atoms with Crippen LogP contribution in [0.15, 0.2) is 18.2 Å². The lowest BCUT2D eigenvalue weighted by Crippen LogP contribution is -2.40. The Balaban J connectivity index is 2.83. The number of nitro groups is 1. The summed E-state index contributed by atoms with van der Waals surface area (Å²) in [5.41, 5.74) is -0.0970. The lowest BCUT2D eigenvalue weighted by atomic mass is 10.1. The number of nitro benzene ring substituents is 1. The molecule has 0 saturated heterocycles. The monoisotopic (exact) mass is 292 g/mol. The fourth-order valence-electron chi connectivity index (χ4n) is 1.37. The van der Waals surface area contributed by atoms with Crippen molar-refractivity contribution >= 4 is 11.6 Å². The third kappa shape index (κ3) is 3.92. The summed E-state index contributed by atoms with van der Waals surface area (Å²) in [4.78, 5) is 21.5. The molecular weight excluding hydrogens is 281 g/mol. The van der Waals surface area contributed by atoms with Gasteiger partial charge in [0.25, 0.3) is 11.6 Å². The van der Waals surface area contributed by atoms with E-state index in [0.717, 1.165) is 6.07 Å². The molecule has 0 aliphatic carbocycles. The summed E-state index contributed by atoms with van der Waals surface area (Å²) in [6, 6.07) is 3.45. The number of rotatable bonds is 4. The van der Waals surface area contributed by atoms with Gasteiger partial charge in [-0.25, -0.2) is 0 Å². The number of nitrogens with one attached hydrogen (secondary N) is 1. The van der Waals surface area contributed by atoms with Gasteiger partial charge in [-0.2, -0.15) is 13.2 Å². The van der Waals surface area contributed by atoms with Crippen LogP contribution in [-0.2, 0) is 0 Å². The molecule has 1 aromatic carbocycles. The van der Waals surface area contributed by atoms with Gasteiger partial charge in [0.15, 0.2) is 6.10 Å². The predicted molar refractivity (Wildman–Crippen MR) is 62.2 cm³/mol. The quantitative estimate of drug-likeness (QED) is 0.650. The first kappa shape index (κ1) is 15.9. The fourth-order valence-corrected chi connectivity index (χ4v) is 1.37. The van der Waals surface area contributed by atoms with Gasteiger partial charge in [0.05, 0.1) is 11.5 Å². The van der Waals surface area contributed by atoms with E-state index >= 15 is 0 Å². The van der Waals surface area contributed by atoms with Gasteiger partial charge in [-0.1, -0.05) is 6.07 Å². The molecule has 1 atom stereocenters. The first-order valence-electron chi connectivity index (χ1n) is 5.41. The van der Waals surface area contributed by atoms with E-state index < -0.39 is 29.7 Å². The third-order valence-corrected chi connectivity index (χ3v) is 2.51. The van der Waals surface area contributed by atoms with E-state index in [1.807, 2.05) is 5.32 Å². The van der Waals surface area contributed by atoms with Crippen LogP contribution in [0.3, 0.4) is 0 Å². The van der Waals surface area contributed by atoms with E-state index in [4.69, 9.17) is 5.11 Å². The minimum atomic E-state index is -4.84. The second-order valence-corrected chi connectivity index (χ2v) is 4.02. The molecule has 20 heavy (non-hydrogen) atoms. The number of nitrogens with zero attached hydrogens (tertiary/aromatic N) is 1. The van der Waals surface area contributed by atoms with Crippen LogP contribution in [0.4, 0.5) is 18.9 Å². The summed E-state index contributed by atoms with van der Waals surface area (Å²) in [5, 5.41) is 21.2. The molecule has 1 aromatic rings. The Morgan fingerprint density at radius 3 is 2.60 bits per heavy atom. The highest BCUT2D eigenvalue weighted by Gasteiger charge is 2.38. The number of hydrogen-bond donors (Lipinski definition) is 2. The lowest BCUT2D eigenvalue weighted by Gasteiger charge is -2.15. The van der Waals surface area contributed by atoms with Crippen LogP contribution in [0, 0.1) is 17.0 Å². The van der Waals surface area contributed by atoms with Gasteiger partial charge in [0, 0.05) is 17.7 Å². The summed E-state index contributed by atoms with van der Waals surface area (Å²) in [6.07, 6.45) is -7.53. The molecule has 0 aliphatic heterocycles. The number of carbonyl (C=O) groups excluding carboxylic acids is 1. The number of halogens is 3. The summed E-state index contributed by atoms with van der Waals surface area (Å²) in [6.45, 7) is 0.462. The van der Waals surface area contributed by atoms with Crippen LogP contribution in [-0.4, -0.2) is 34.8 Å². The van der Waals surface area contributed by atoms with Gasteiger partial charge in [0.1, 0.15) is 0 Å². The third-order valence-electron chi connectivity index (χ3n) is 2.51. The molecule has 1 unspecified atom stereocenters. The fraction of sp³-hybridized carbons (Fsp3) is 0.364. The van der Waals surface area contributed by atoms with Crippen molar-refractivity contribution in [1.82, 2.24) is 5.32 Å². The van der Waals surface area contributed by atoms with Crippen LogP contribution in [0.2, 0.25) is 0 Å². The predicted octanol–water partition coefficient (Wildman–Crippen LogP) is 1.56. The Labute approximate surface area is 111 Å². The summed E-state index contributed by atoms with van der Waals surface area (Å²) in [7, 11) is 0. The zero-order chi connectivity index (χ0) is 15.5. The van der Waals surface area contributed by atoms with E-state index in [9.17, 15) is 28.1 Å². The number of hydrogen-bond acceptors (Lipinski definition) is 4. The van der Waals surface area contributed by atoms with Crippen LogP contribution >= 0.6 is 0 Å². The van der Waals surface area contributed by atoms with Crippen LogP contribution in [0.1, 0.15) is 15.9 Å². The number of non-ortho nitro benzene ring substituents is 1. The van der Waals surface area contributed by atoms with Crippen molar-refractivity contribution in [2.75, 3.05) is 6.54 Å². The van der Waals surface area contributed by atoms with Crippen molar-refractivity contribution in [1.29, 1.82) is 0 Å². The number of aliphatic hydroxyl groups is 1. The lowest BCUT2D eigenvalue weighted by molar-refractivity contribution is -0.384. The minimum Gasteiger partial charge on any atom is -0.382 e. The highest BCUT2D eigenvalue weighted by atomic mass is 19.4. The zero-order valence-electron chi connectivity index (χ0n) is 10.3. The van der Waals surface area contributed by atoms with Crippen molar-refractivity contribution in [2.24, 2.45) is 0 Å². The Morgan fingerprint density at radius 1 is 1.50 bits per heavy atom. The smallest absolute Gasteiger partial charge is 0.382 e. The largest absolute Gasteiger partial charge is 0.416 e. The van der Waals surface area contributed by atoms with Gasteiger partial charge in [-0.3, -0.25) is 14.9 Å². The topological polar surface area (TPSA) is 92.5 Å². The van der Waals surface area contributed by atoms with Gasteiger partial charge >= 0.3 is 6.18 Å². The number of aliphatic hydroxyl groups excluding tert-OH is 1. The van der Waals surface area contributed by atoms with Crippen LogP contribution in [0.5, 0.6) is 0 Å². The second kappa shape index (κ2) is 5.87. The molecule has 0 spiro atoms. The molecule has 0 saturated carbocycles. The molecule has 0 aromatic heterocycles. The highest BCUT2D eigenvalue weighted by Crippen LogP contribution is 2.20. The molecule has 0 radical (unpaired) electrons. The summed E-state index contributed by atoms with van der Waals surface area (Å²) >= 11 is 0. The Kier molecular flexibility index (Phi) is 4.66. The summed E-state index contributed by atoms with van der Waals surface area (Å²) < 4.78 is 36.2. The molecule has 0 bridgehead atoms. The zero-order valence-corrected chi connectivity index (χ0v) is 10.3.